The minimum atomic E-state index is -3.80. The zero-order valence-corrected chi connectivity index (χ0v) is 15.1. The van der Waals surface area contributed by atoms with Gasteiger partial charge in [-0.25, -0.2) is 13.1 Å². The Kier molecular flexibility index (Phi) is 5.12. The lowest BCUT2D eigenvalue weighted by Crippen LogP contribution is -2.35. The van der Waals surface area contributed by atoms with Crippen LogP contribution in [0.3, 0.4) is 0 Å². The zero-order chi connectivity index (χ0) is 18.0. The summed E-state index contributed by atoms with van der Waals surface area (Å²) in [5.41, 5.74) is 0.757. The Hall–Kier alpha value is -1.90. The van der Waals surface area contributed by atoms with Gasteiger partial charge in [0.15, 0.2) is 0 Å². The fourth-order valence-corrected chi connectivity index (χ4v) is 4.31. The highest BCUT2D eigenvalue weighted by Crippen LogP contribution is 2.31. The number of benzene rings is 1. The first-order valence-corrected chi connectivity index (χ1v) is 9.74. The van der Waals surface area contributed by atoms with Crippen molar-refractivity contribution >= 4 is 27.5 Å². The average molecular weight is 385 g/mol. The summed E-state index contributed by atoms with van der Waals surface area (Å²) in [6, 6.07) is 6.82. The Morgan fingerprint density at radius 3 is 2.84 bits per heavy atom. The molecule has 2 aromatic rings. The molecule has 1 aliphatic heterocycles. The number of aryl methyl sites for hydroxylation is 1. The zero-order valence-electron chi connectivity index (χ0n) is 13.5. The molecule has 1 fully saturated rings. The van der Waals surface area contributed by atoms with Crippen LogP contribution in [0.2, 0.25) is 5.02 Å². The van der Waals surface area contributed by atoms with Gasteiger partial charge >= 0.3 is 0 Å². The number of carbonyl (C=O) groups is 1. The monoisotopic (exact) mass is 384 g/mol. The average Bonchev–Trinajstić information content (AvgIpc) is 3.16. The summed E-state index contributed by atoms with van der Waals surface area (Å²) in [6.45, 7) is 2.46. The molecule has 0 bridgehead atoms. The van der Waals surface area contributed by atoms with Crippen LogP contribution in [0.5, 0.6) is 0 Å². The highest BCUT2D eigenvalue weighted by Gasteiger charge is 2.29. The van der Waals surface area contributed by atoms with Crippen LogP contribution in [0, 0.1) is 12.8 Å². The van der Waals surface area contributed by atoms with Crippen molar-refractivity contribution in [2.75, 3.05) is 19.0 Å². The second kappa shape index (κ2) is 7.15. The van der Waals surface area contributed by atoms with Crippen molar-refractivity contribution in [3.05, 3.63) is 40.6 Å². The molecule has 0 unspecified atom stereocenters. The highest BCUT2D eigenvalue weighted by atomic mass is 35.5. The van der Waals surface area contributed by atoms with Crippen LogP contribution in [0.4, 0.5) is 0 Å². The van der Waals surface area contributed by atoms with E-state index < -0.39 is 15.9 Å². The minimum absolute atomic E-state index is 0.0550. The van der Waals surface area contributed by atoms with E-state index in [0.717, 1.165) is 0 Å². The van der Waals surface area contributed by atoms with Gasteiger partial charge in [0.25, 0.3) is 5.91 Å². The molecule has 0 aliphatic carbocycles. The number of aromatic nitrogens is 1. The number of rotatable bonds is 5. The maximum atomic E-state index is 12.6. The normalized spacial score (nSPS) is 17.6. The van der Waals surface area contributed by atoms with Gasteiger partial charge in [0, 0.05) is 18.1 Å². The quantitative estimate of drug-likeness (QED) is 0.849. The van der Waals surface area contributed by atoms with E-state index >= 15 is 0 Å². The molecule has 3 rings (SSSR count). The standard InChI is InChI=1S/C16H17ClN2O5S/c1-10-14(15(18-24-10)12-4-2-3-5-13(12)17)16(20)19-25(21,22)9-11-6-7-23-8-11/h2-5,11H,6-9H2,1H3,(H,19,20)/t11-/m1/s1. The van der Waals surface area contributed by atoms with Crippen LogP contribution in [0.15, 0.2) is 28.8 Å². The predicted octanol–water partition coefficient (Wildman–Crippen LogP) is 2.40. The number of carbonyl (C=O) groups excluding carboxylic acids is 1. The van der Waals surface area contributed by atoms with Gasteiger partial charge in [0.05, 0.1) is 17.4 Å². The molecule has 1 atom stereocenters. The van der Waals surface area contributed by atoms with Crippen molar-refractivity contribution in [2.45, 2.75) is 13.3 Å². The van der Waals surface area contributed by atoms with Gasteiger partial charge in [-0.15, -0.1) is 0 Å². The maximum Gasteiger partial charge on any atom is 0.270 e. The molecule has 134 valence electrons. The van der Waals surface area contributed by atoms with E-state index in [4.69, 9.17) is 20.9 Å². The van der Waals surface area contributed by atoms with Gasteiger partial charge in [-0.3, -0.25) is 4.79 Å². The number of ether oxygens (including phenoxy) is 1. The molecular weight excluding hydrogens is 368 g/mol. The van der Waals surface area contributed by atoms with E-state index in [9.17, 15) is 13.2 Å². The number of nitrogens with one attached hydrogen (secondary N) is 1. The molecule has 1 amide bonds. The van der Waals surface area contributed by atoms with Crippen LogP contribution in [0.1, 0.15) is 22.5 Å². The summed E-state index contributed by atoms with van der Waals surface area (Å²) in [5, 5.41) is 4.25. The third-order valence-corrected chi connectivity index (χ3v) is 5.68. The number of halogens is 1. The lowest BCUT2D eigenvalue weighted by atomic mass is 10.1. The van der Waals surface area contributed by atoms with Crippen molar-refractivity contribution in [1.29, 1.82) is 0 Å². The summed E-state index contributed by atoms with van der Waals surface area (Å²) >= 11 is 6.15. The molecule has 2 heterocycles. The Bertz CT molecular complexity index is 888. The molecule has 0 radical (unpaired) electrons. The van der Waals surface area contributed by atoms with E-state index in [0.29, 0.717) is 30.2 Å². The van der Waals surface area contributed by atoms with Crippen LogP contribution in [-0.4, -0.2) is 38.4 Å². The molecule has 0 saturated carbocycles. The summed E-state index contributed by atoms with van der Waals surface area (Å²) in [7, 11) is -3.80. The van der Waals surface area contributed by atoms with Gasteiger partial charge in [0.1, 0.15) is 17.0 Å². The highest BCUT2D eigenvalue weighted by molar-refractivity contribution is 7.90. The molecule has 25 heavy (non-hydrogen) atoms. The second-order valence-electron chi connectivity index (χ2n) is 5.88. The van der Waals surface area contributed by atoms with Crippen molar-refractivity contribution in [3.8, 4) is 11.3 Å². The topological polar surface area (TPSA) is 98.5 Å². The van der Waals surface area contributed by atoms with Crippen molar-refractivity contribution in [1.82, 2.24) is 9.88 Å². The van der Waals surface area contributed by atoms with Crippen molar-refractivity contribution in [2.24, 2.45) is 5.92 Å². The smallest absolute Gasteiger partial charge is 0.270 e. The van der Waals surface area contributed by atoms with E-state index in [-0.39, 0.29) is 28.7 Å². The summed E-state index contributed by atoms with van der Waals surface area (Å²) in [5.74, 6) is -0.846. The van der Waals surface area contributed by atoms with Crippen LogP contribution < -0.4 is 4.72 Å². The third kappa shape index (κ3) is 4.02. The molecule has 1 aromatic carbocycles. The van der Waals surface area contributed by atoms with Crippen LogP contribution in [-0.2, 0) is 14.8 Å². The first-order valence-electron chi connectivity index (χ1n) is 7.71. The lowest BCUT2D eigenvalue weighted by Gasteiger charge is -2.10. The minimum Gasteiger partial charge on any atom is -0.381 e. The molecule has 1 aliphatic rings. The lowest BCUT2D eigenvalue weighted by molar-refractivity contribution is 0.0980. The first-order chi connectivity index (χ1) is 11.9. The maximum absolute atomic E-state index is 12.6. The SMILES string of the molecule is Cc1onc(-c2ccccc2Cl)c1C(=O)NS(=O)(=O)C[C@@H]1CCOC1. The number of nitrogens with zero attached hydrogens (tertiary/aromatic N) is 1. The first kappa shape index (κ1) is 17.9. The van der Waals surface area contributed by atoms with Crippen molar-refractivity contribution in [3.63, 3.8) is 0 Å². The summed E-state index contributed by atoms with van der Waals surface area (Å²) in [4.78, 5) is 12.6. The van der Waals surface area contributed by atoms with E-state index in [1.807, 2.05) is 0 Å². The predicted molar refractivity (Wildman–Crippen MR) is 91.9 cm³/mol. The fraction of sp³-hybridized carbons (Fsp3) is 0.375. The van der Waals surface area contributed by atoms with Gasteiger partial charge in [-0.05, 0) is 19.4 Å². The molecular formula is C16H17ClN2O5S. The number of hydrogen-bond donors (Lipinski definition) is 1. The van der Waals surface area contributed by atoms with Gasteiger partial charge in [0.2, 0.25) is 10.0 Å². The second-order valence-corrected chi connectivity index (χ2v) is 8.06. The summed E-state index contributed by atoms with van der Waals surface area (Å²) in [6.07, 6.45) is 0.659. The fourth-order valence-electron chi connectivity index (χ4n) is 2.74. The molecule has 7 nitrogen and oxygen atoms in total. The Labute approximate surface area is 150 Å². The van der Waals surface area contributed by atoms with Gasteiger partial charge in [-0.2, -0.15) is 0 Å². The van der Waals surface area contributed by atoms with E-state index in [1.165, 1.54) is 0 Å². The number of sulfonamides is 1. The third-order valence-electron chi connectivity index (χ3n) is 3.95. The van der Waals surface area contributed by atoms with Gasteiger partial charge < -0.3 is 9.26 Å². The molecule has 0 spiro atoms. The number of hydrogen-bond acceptors (Lipinski definition) is 6. The molecule has 9 heteroatoms. The Morgan fingerprint density at radius 1 is 1.40 bits per heavy atom. The van der Waals surface area contributed by atoms with Crippen molar-refractivity contribution < 1.29 is 22.5 Å². The molecule has 1 saturated heterocycles. The van der Waals surface area contributed by atoms with Crippen LogP contribution in [0.25, 0.3) is 11.3 Å². The van der Waals surface area contributed by atoms with E-state index in [2.05, 4.69) is 9.88 Å². The summed E-state index contributed by atoms with van der Waals surface area (Å²) < 4.78 is 36.9. The van der Waals surface area contributed by atoms with Gasteiger partial charge in [-0.1, -0.05) is 35.0 Å². The Morgan fingerprint density at radius 2 is 2.16 bits per heavy atom. The van der Waals surface area contributed by atoms with Crippen LogP contribution >= 0.6 is 11.6 Å². The largest absolute Gasteiger partial charge is 0.381 e. The van der Waals surface area contributed by atoms with E-state index in [1.54, 1.807) is 31.2 Å². The molecule has 1 aromatic heterocycles. The Balaban J connectivity index is 1.85. The molecule has 1 N–H and O–H groups in total. The number of amides is 1.